The highest BCUT2D eigenvalue weighted by molar-refractivity contribution is 14.1. The van der Waals surface area contributed by atoms with Gasteiger partial charge in [0.15, 0.2) is 5.96 Å². The Morgan fingerprint density at radius 1 is 1.29 bits per heavy atom. The summed E-state index contributed by atoms with van der Waals surface area (Å²) in [4.78, 5) is 1.79. The van der Waals surface area contributed by atoms with Crippen LogP contribution >= 0.6 is 34.2 Å². The van der Waals surface area contributed by atoms with Gasteiger partial charge in [-0.25, -0.2) is 0 Å². The normalized spacial score (nSPS) is 10.3. The van der Waals surface area contributed by atoms with Gasteiger partial charge in [0.2, 0.25) is 0 Å². The standard InChI is InChI=1S/C16H17ClIN3/c1-3-11-7-8-14(17)15(9-11)20-16(19)21(2)13-6-4-5-12(18)10-13/h4-10H,3H2,1-2H3,(H2,19,20). The van der Waals surface area contributed by atoms with Crippen molar-refractivity contribution in [2.45, 2.75) is 13.3 Å². The topological polar surface area (TPSA) is 39.1 Å². The molecule has 0 aliphatic carbocycles. The number of halogens is 2. The van der Waals surface area contributed by atoms with Crippen LogP contribution in [0.2, 0.25) is 5.02 Å². The fourth-order valence-corrected chi connectivity index (χ4v) is 2.60. The van der Waals surface area contributed by atoms with Crippen molar-refractivity contribution < 1.29 is 0 Å². The summed E-state index contributed by atoms with van der Waals surface area (Å²) >= 11 is 8.46. The van der Waals surface area contributed by atoms with Gasteiger partial charge in [-0.2, -0.15) is 0 Å². The molecule has 0 atom stereocenters. The van der Waals surface area contributed by atoms with Crippen LogP contribution in [0, 0.1) is 8.98 Å². The number of nitrogens with zero attached hydrogens (tertiary/aromatic N) is 1. The van der Waals surface area contributed by atoms with Gasteiger partial charge in [-0.15, -0.1) is 0 Å². The third kappa shape index (κ3) is 4.11. The molecule has 5 heteroatoms. The summed E-state index contributed by atoms with van der Waals surface area (Å²) in [6.07, 6.45) is 0.936. The van der Waals surface area contributed by atoms with E-state index in [9.17, 15) is 0 Å². The highest BCUT2D eigenvalue weighted by Gasteiger charge is 2.10. The average molecular weight is 414 g/mol. The van der Waals surface area contributed by atoms with Crippen molar-refractivity contribution in [1.82, 2.24) is 0 Å². The van der Waals surface area contributed by atoms with Crippen LogP contribution in [0.15, 0.2) is 42.5 Å². The number of nitrogens with one attached hydrogen (secondary N) is 2. The second-order valence-corrected chi connectivity index (χ2v) is 6.33. The molecule has 0 aliphatic rings. The molecule has 3 nitrogen and oxygen atoms in total. The predicted molar refractivity (Wildman–Crippen MR) is 99.7 cm³/mol. The van der Waals surface area contributed by atoms with E-state index in [1.807, 2.05) is 49.5 Å². The van der Waals surface area contributed by atoms with Crippen molar-refractivity contribution >= 4 is 51.5 Å². The summed E-state index contributed by atoms with van der Waals surface area (Å²) in [5.41, 5.74) is 2.91. The molecule has 0 radical (unpaired) electrons. The van der Waals surface area contributed by atoms with Crippen molar-refractivity contribution in [2.24, 2.45) is 0 Å². The maximum Gasteiger partial charge on any atom is 0.199 e. The van der Waals surface area contributed by atoms with Gasteiger partial charge in [0.05, 0.1) is 10.7 Å². The monoisotopic (exact) mass is 413 g/mol. The zero-order chi connectivity index (χ0) is 15.4. The number of guanidine groups is 1. The van der Waals surface area contributed by atoms with Gasteiger partial charge in [0, 0.05) is 16.3 Å². The highest BCUT2D eigenvalue weighted by Crippen LogP contribution is 2.24. The zero-order valence-corrected chi connectivity index (χ0v) is 14.9. The van der Waals surface area contributed by atoms with Crippen LogP contribution in [0.3, 0.4) is 0 Å². The maximum absolute atomic E-state index is 8.22. The second kappa shape index (κ2) is 7.13. The van der Waals surface area contributed by atoms with E-state index in [1.165, 1.54) is 5.56 Å². The van der Waals surface area contributed by atoms with Gasteiger partial charge in [-0.05, 0) is 64.9 Å². The summed E-state index contributed by atoms with van der Waals surface area (Å²) in [6, 6.07) is 13.9. The zero-order valence-electron chi connectivity index (χ0n) is 12.0. The Morgan fingerprint density at radius 3 is 2.71 bits per heavy atom. The van der Waals surface area contributed by atoms with Crippen molar-refractivity contribution in [1.29, 1.82) is 5.41 Å². The van der Waals surface area contributed by atoms with E-state index in [0.29, 0.717) is 5.02 Å². The summed E-state index contributed by atoms with van der Waals surface area (Å²) in [6.45, 7) is 2.09. The van der Waals surface area contributed by atoms with E-state index in [2.05, 4.69) is 34.8 Å². The Balaban J connectivity index is 2.18. The number of anilines is 2. The van der Waals surface area contributed by atoms with E-state index in [0.717, 1.165) is 21.4 Å². The van der Waals surface area contributed by atoms with Crippen LogP contribution in [0.5, 0.6) is 0 Å². The first-order chi connectivity index (χ1) is 10.0. The molecule has 0 aromatic heterocycles. The lowest BCUT2D eigenvalue weighted by atomic mass is 10.1. The summed E-state index contributed by atoms with van der Waals surface area (Å²) in [7, 11) is 1.86. The average Bonchev–Trinajstić information content (AvgIpc) is 2.48. The van der Waals surface area contributed by atoms with Gasteiger partial charge >= 0.3 is 0 Å². The van der Waals surface area contributed by atoms with E-state index in [4.69, 9.17) is 17.0 Å². The number of benzene rings is 2. The van der Waals surface area contributed by atoms with E-state index >= 15 is 0 Å². The summed E-state index contributed by atoms with van der Waals surface area (Å²) in [5, 5.41) is 11.9. The fraction of sp³-hybridized carbons (Fsp3) is 0.188. The summed E-state index contributed by atoms with van der Waals surface area (Å²) in [5.74, 6) is 0.284. The van der Waals surface area contributed by atoms with Gasteiger partial charge in [-0.3, -0.25) is 5.41 Å². The minimum absolute atomic E-state index is 0.284. The molecular formula is C16H17ClIN3. The Bertz CT molecular complexity index is 658. The highest BCUT2D eigenvalue weighted by atomic mass is 127. The molecule has 0 saturated carbocycles. The molecule has 2 aromatic carbocycles. The molecule has 0 bridgehead atoms. The van der Waals surface area contributed by atoms with Crippen molar-refractivity contribution in [2.75, 3.05) is 17.3 Å². The largest absolute Gasteiger partial charge is 0.325 e. The molecule has 21 heavy (non-hydrogen) atoms. The van der Waals surface area contributed by atoms with Gasteiger partial charge < -0.3 is 10.2 Å². The van der Waals surface area contributed by atoms with Crippen LogP contribution in [0.25, 0.3) is 0 Å². The van der Waals surface area contributed by atoms with Crippen LogP contribution in [-0.2, 0) is 6.42 Å². The van der Waals surface area contributed by atoms with Gasteiger partial charge in [-0.1, -0.05) is 30.7 Å². The number of hydrogen-bond donors (Lipinski definition) is 2. The molecule has 2 rings (SSSR count). The molecule has 0 amide bonds. The SMILES string of the molecule is CCc1ccc(Cl)c(NC(=N)N(C)c2cccc(I)c2)c1. The molecule has 110 valence electrons. The first-order valence-electron chi connectivity index (χ1n) is 6.64. The fourth-order valence-electron chi connectivity index (χ4n) is 1.91. The molecule has 2 N–H and O–H groups in total. The third-order valence-electron chi connectivity index (χ3n) is 3.22. The first kappa shape index (κ1) is 16.1. The van der Waals surface area contributed by atoms with Crippen LogP contribution in [-0.4, -0.2) is 13.0 Å². The van der Waals surface area contributed by atoms with Crippen LogP contribution in [0.1, 0.15) is 12.5 Å². The minimum Gasteiger partial charge on any atom is -0.325 e. The predicted octanol–water partition coefficient (Wildman–Crippen LogP) is 4.99. The Labute approximate surface area is 144 Å². The molecular weight excluding hydrogens is 397 g/mol. The molecule has 0 aliphatic heterocycles. The van der Waals surface area contributed by atoms with E-state index in [1.54, 1.807) is 4.90 Å². The minimum atomic E-state index is 0.284. The van der Waals surface area contributed by atoms with Crippen molar-refractivity contribution in [3.63, 3.8) is 0 Å². The molecule has 0 unspecified atom stereocenters. The third-order valence-corrected chi connectivity index (χ3v) is 4.22. The smallest absolute Gasteiger partial charge is 0.199 e. The lowest BCUT2D eigenvalue weighted by molar-refractivity contribution is 1.14. The first-order valence-corrected chi connectivity index (χ1v) is 8.10. The Morgan fingerprint density at radius 2 is 2.05 bits per heavy atom. The van der Waals surface area contributed by atoms with Crippen LogP contribution < -0.4 is 10.2 Å². The Hall–Kier alpha value is -1.27. The lowest BCUT2D eigenvalue weighted by Gasteiger charge is -2.22. The van der Waals surface area contributed by atoms with E-state index < -0.39 is 0 Å². The quantitative estimate of drug-likeness (QED) is 0.423. The lowest BCUT2D eigenvalue weighted by Crippen LogP contribution is -2.32. The molecule has 0 saturated heterocycles. The number of aryl methyl sites for hydroxylation is 1. The molecule has 2 aromatic rings. The van der Waals surface area contributed by atoms with E-state index in [-0.39, 0.29) is 5.96 Å². The Kier molecular flexibility index (Phi) is 5.47. The van der Waals surface area contributed by atoms with Crippen molar-refractivity contribution in [3.8, 4) is 0 Å². The molecule has 0 heterocycles. The second-order valence-electron chi connectivity index (χ2n) is 4.68. The maximum atomic E-state index is 8.22. The summed E-state index contributed by atoms with van der Waals surface area (Å²) < 4.78 is 1.13. The van der Waals surface area contributed by atoms with Crippen LogP contribution in [0.4, 0.5) is 11.4 Å². The molecule has 0 spiro atoms. The van der Waals surface area contributed by atoms with Gasteiger partial charge in [0.25, 0.3) is 0 Å². The van der Waals surface area contributed by atoms with Gasteiger partial charge in [0.1, 0.15) is 0 Å². The van der Waals surface area contributed by atoms with Crippen molar-refractivity contribution in [3.05, 3.63) is 56.6 Å². The molecule has 0 fully saturated rings. The number of hydrogen-bond acceptors (Lipinski definition) is 1. The number of rotatable bonds is 3.